The summed E-state index contributed by atoms with van der Waals surface area (Å²) < 4.78 is 2.51. The van der Waals surface area contributed by atoms with Crippen molar-refractivity contribution in [2.75, 3.05) is 0 Å². The normalized spacial score (nSPS) is 22.4. The summed E-state index contributed by atoms with van der Waals surface area (Å²) in [6.45, 7) is 3.22. The lowest BCUT2D eigenvalue weighted by Crippen LogP contribution is -2.55. The summed E-state index contributed by atoms with van der Waals surface area (Å²) in [5.41, 5.74) is -2.13. The molecule has 2 aromatic carbocycles. The second-order valence-corrected chi connectivity index (χ2v) is 11.2. The molecule has 0 spiro atoms. The van der Waals surface area contributed by atoms with Gasteiger partial charge in [-0.25, -0.2) is 9.97 Å². The SMILES string of the molecule is C[C@@]1(n2cnc3cccc(Cl)c3c2=O)CCC(=O)NC1=O.C[C@]1(n2cnc3cccc(Cl)c3c2=O)CCC(=O)NC1=O. The number of benzene rings is 2. The first-order valence-corrected chi connectivity index (χ1v) is 13.6. The molecule has 216 valence electrons. The number of carbonyl (C=O) groups excluding carboxylic acids is 4. The fourth-order valence-electron chi connectivity index (χ4n) is 5.00. The number of carbonyl (C=O) groups is 4. The molecule has 2 saturated heterocycles. The highest BCUT2D eigenvalue weighted by molar-refractivity contribution is 6.35. The molecule has 2 N–H and O–H groups in total. The van der Waals surface area contributed by atoms with Gasteiger partial charge in [-0.15, -0.1) is 0 Å². The van der Waals surface area contributed by atoms with Crippen molar-refractivity contribution in [3.8, 4) is 0 Å². The van der Waals surface area contributed by atoms with Gasteiger partial charge in [0.05, 0.1) is 44.5 Å². The van der Waals surface area contributed by atoms with Crippen LogP contribution < -0.4 is 21.8 Å². The number of piperidine rings is 2. The van der Waals surface area contributed by atoms with Crippen LogP contribution in [0.5, 0.6) is 0 Å². The highest BCUT2D eigenvalue weighted by atomic mass is 35.5. The van der Waals surface area contributed by atoms with Gasteiger partial charge in [-0.3, -0.25) is 48.5 Å². The van der Waals surface area contributed by atoms with Crippen LogP contribution in [0.25, 0.3) is 21.8 Å². The number of imide groups is 2. The summed E-state index contributed by atoms with van der Waals surface area (Å²) in [6.07, 6.45) is 3.50. The Bertz CT molecular complexity index is 1800. The average Bonchev–Trinajstić information content (AvgIpc) is 2.94. The first-order valence-electron chi connectivity index (χ1n) is 12.9. The maximum absolute atomic E-state index is 12.7. The molecule has 4 amide bonds. The molecule has 0 radical (unpaired) electrons. The quantitative estimate of drug-likeness (QED) is 0.327. The molecular weight excluding hydrogens is 587 g/mol. The van der Waals surface area contributed by atoms with Crippen LogP contribution in [0.2, 0.25) is 10.0 Å². The predicted molar refractivity (Wildman–Crippen MR) is 154 cm³/mol. The minimum absolute atomic E-state index is 0.176. The summed E-state index contributed by atoms with van der Waals surface area (Å²) in [7, 11) is 0. The van der Waals surface area contributed by atoms with Gasteiger partial charge in [0.25, 0.3) is 22.9 Å². The van der Waals surface area contributed by atoms with Crippen LogP contribution in [0.15, 0.2) is 58.6 Å². The van der Waals surface area contributed by atoms with Crippen molar-refractivity contribution in [3.05, 3.63) is 79.8 Å². The molecule has 0 aliphatic carbocycles. The van der Waals surface area contributed by atoms with E-state index in [-0.39, 0.29) is 58.3 Å². The summed E-state index contributed by atoms with van der Waals surface area (Å²) in [6, 6.07) is 9.97. The number of hydrogen-bond acceptors (Lipinski definition) is 8. The van der Waals surface area contributed by atoms with Gasteiger partial charge >= 0.3 is 0 Å². The minimum Gasteiger partial charge on any atom is -0.294 e. The Morgan fingerprint density at radius 1 is 0.667 bits per heavy atom. The largest absolute Gasteiger partial charge is 0.294 e. The lowest BCUT2D eigenvalue weighted by Gasteiger charge is -2.33. The van der Waals surface area contributed by atoms with Gasteiger partial charge in [-0.05, 0) is 51.0 Å². The van der Waals surface area contributed by atoms with Crippen LogP contribution in [0.1, 0.15) is 39.5 Å². The van der Waals surface area contributed by atoms with E-state index in [4.69, 9.17) is 23.2 Å². The monoisotopic (exact) mass is 610 g/mol. The van der Waals surface area contributed by atoms with E-state index in [9.17, 15) is 28.8 Å². The van der Waals surface area contributed by atoms with Crippen molar-refractivity contribution in [1.82, 2.24) is 29.7 Å². The Kier molecular flexibility index (Phi) is 7.46. The van der Waals surface area contributed by atoms with Crippen molar-refractivity contribution in [2.24, 2.45) is 0 Å². The molecule has 4 aromatic rings. The molecule has 2 atom stereocenters. The Morgan fingerprint density at radius 2 is 1.05 bits per heavy atom. The number of nitrogens with zero attached hydrogens (tertiary/aromatic N) is 4. The van der Waals surface area contributed by atoms with Gasteiger partial charge in [0.2, 0.25) is 11.8 Å². The fourth-order valence-corrected chi connectivity index (χ4v) is 5.50. The molecule has 0 unspecified atom stereocenters. The van der Waals surface area contributed by atoms with Gasteiger partial charge in [0.15, 0.2) is 0 Å². The average molecular weight is 611 g/mol. The topological polar surface area (TPSA) is 162 Å². The standard InChI is InChI=1S/2C14H12ClN3O3/c2*1-14(6-5-10(19)17-13(14)21)18-7-16-9-4-2-3-8(15)11(9)12(18)20/h2*2-4,7H,5-6H2,1H3,(H,17,19,21)/t2*14-/m10/s1. The molecule has 2 aliphatic heterocycles. The zero-order valence-electron chi connectivity index (χ0n) is 22.4. The van der Waals surface area contributed by atoms with Crippen LogP contribution >= 0.6 is 23.2 Å². The molecule has 0 bridgehead atoms. The Morgan fingerprint density at radius 3 is 1.40 bits per heavy atom. The van der Waals surface area contributed by atoms with Crippen LogP contribution in [-0.2, 0) is 30.3 Å². The highest BCUT2D eigenvalue weighted by Gasteiger charge is 2.42. The van der Waals surface area contributed by atoms with E-state index in [2.05, 4.69) is 20.6 Å². The first kappa shape index (κ1) is 29.1. The molecule has 0 saturated carbocycles. The third-order valence-corrected chi connectivity index (χ3v) is 8.33. The maximum Gasteiger partial charge on any atom is 0.263 e. The van der Waals surface area contributed by atoms with Crippen molar-refractivity contribution in [2.45, 2.75) is 50.6 Å². The number of nitrogens with one attached hydrogen (secondary N) is 2. The molecular formula is C28H24Cl2N6O6. The van der Waals surface area contributed by atoms with Crippen LogP contribution in [0, 0.1) is 0 Å². The zero-order valence-corrected chi connectivity index (χ0v) is 24.0. The second-order valence-electron chi connectivity index (χ2n) is 10.4. The van der Waals surface area contributed by atoms with Gasteiger partial charge in [-0.2, -0.15) is 0 Å². The molecule has 2 aromatic heterocycles. The van der Waals surface area contributed by atoms with Crippen molar-refractivity contribution >= 4 is 68.6 Å². The zero-order chi connectivity index (χ0) is 30.4. The number of halogens is 2. The van der Waals surface area contributed by atoms with E-state index in [1.165, 1.54) is 21.8 Å². The van der Waals surface area contributed by atoms with Gasteiger partial charge in [-0.1, -0.05) is 35.3 Å². The number of amides is 4. The second kappa shape index (κ2) is 10.8. The summed E-state index contributed by atoms with van der Waals surface area (Å²) in [5, 5.41) is 5.64. The van der Waals surface area contributed by atoms with Crippen molar-refractivity contribution in [3.63, 3.8) is 0 Å². The number of rotatable bonds is 2. The molecule has 14 heteroatoms. The number of hydrogen-bond donors (Lipinski definition) is 2. The molecule has 2 fully saturated rings. The number of fused-ring (bicyclic) bond motifs is 2. The third-order valence-electron chi connectivity index (χ3n) is 7.70. The molecule has 2 aliphatic rings. The number of aromatic nitrogens is 4. The van der Waals surface area contributed by atoms with Crippen LogP contribution in [0.4, 0.5) is 0 Å². The minimum atomic E-state index is -1.15. The van der Waals surface area contributed by atoms with Crippen LogP contribution in [0.3, 0.4) is 0 Å². The van der Waals surface area contributed by atoms with E-state index in [1.807, 2.05) is 0 Å². The smallest absolute Gasteiger partial charge is 0.263 e. The molecule has 12 nitrogen and oxygen atoms in total. The molecule has 42 heavy (non-hydrogen) atoms. The van der Waals surface area contributed by atoms with Crippen molar-refractivity contribution in [1.29, 1.82) is 0 Å². The Labute approximate surface area is 247 Å². The van der Waals surface area contributed by atoms with E-state index in [1.54, 1.807) is 50.2 Å². The lowest BCUT2D eigenvalue weighted by molar-refractivity contribution is -0.141. The predicted octanol–water partition coefficient (Wildman–Crippen LogP) is 2.40. The summed E-state index contributed by atoms with van der Waals surface area (Å²) >= 11 is 12.1. The lowest BCUT2D eigenvalue weighted by atomic mass is 9.90. The summed E-state index contributed by atoms with van der Waals surface area (Å²) in [4.78, 5) is 80.6. The summed E-state index contributed by atoms with van der Waals surface area (Å²) in [5.74, 6) is -1.68. The first-order chi connectivity index (χ1) is 19.9. The van der Waals surface area contributed by atoms with Gasteiger partial charge < -0.3 is 0 Å². The van der Waals surface area contributed by atoms with Crippen molar-refractivity contribution < 1.29 is 19.2 Å². The van der Waals surface area contributed by atoms with E-state index >= 15 is 0 Å². The van der Waals surface area contributed by atoms with E-state index < -0.39 is 34.0 Å². The Hall–Kier alpha value is -4.42. The van der Waals surface area contributed by atoms with Gasteiger partial charge in [0, 0.05) is 12.8 Å². The maximum atomic E-state index is 12.7. The van der Waals surface area contributed by atoms with E-state index in [0.717, 1.165) is 0 Å². The highest BCUT2D eigenvalue weighted by Crippen LogP contribution is 2.27. The Balaban J connectivity index is 0.000000168. The van der Waals surface area contributed by atoms with Crippen LogP contribution in [-0.4, -0.2) is 42.7 Å². The van der Waals surface area contributed by atoms with E-state index in [0.29, 0.717) is 11.0 Å². The molecule has 6 rings (SSSR count). The van der Waals surface area contributed by atoms with Gasteiger partial charge in [0.1, 0.15) is 11.1 Å². The fraction of sp³-hybridized carbons (Fsp3) is 0.286. The third kappa shape index (κ3) is 4.86. The molecule has 4 heterocycles.